The molecule has 0 spiro atoms. The lowest BCUT2D eigenvalue weighted by Crippen LogP contribution is -2.05. The maximum Gasteiger partial charge on any atom is 0.416 e. The van der Waals surface area contributed by atoms with Gasteiger partial charge in [-0.05, 0) is 36.4 Å². The summed E-state index contributed by atoms with van der Waals surface area (Å²) in [4.78, 5) is 0. The Morgan fingerprint density at radius 3 is 2.25 bits per heavy atom. The van der Waals surface area contributed by atoms with Crippen LogP contribution < -0.4 is 0 Å². The Labute approximate surface area is 117 Å². The highest BCUT2D eigenvalue weighted by molar-refractivity contribution is 6.33. The molecule has 0 bridgehead atoms. The molecule has 0 aliphatic carbocycles. The number of rotatable bonds is 1. The molecular weight excluding hydrogens is 294 g/mol. The van der Waals surface area contributed by atoms with Gasteiger partial charge in [-0.25, -0.2) is 4.39 Å². The molecule has 102 valence electrons. The van der Waals surface area contributed by atoms with Gasteiger partial charge in [-0.15, -0.1) is 0 Å². The number of alkyl halides is 3. The quantitative estimate of drug-likeness (QED) is 0.677. The van der Waals surface area contributed by atoms with Crippen LogP contribution in [-0.2, 0) is 6.18 Å². The topological polar surface area (TPSA) is 23.8 Å². The van der Waals surface area contributed by atoms with Crippen LogP contribution in [0.5, 0.6) is 0 Å². The van der Waals surface area contributed by atoms with Crippen molar-refractivity contribution in [2.24, 2.45) is 0 Å². The molecule has 0 radical (unpaired) electrons. The fraction of sp³-hybridized carbons (Fsp3) is 0.0714. The van der Waals surface area contributed by atoms with Crippen LogP contribution in [0.2, 0.25) is 5.02 Å². The van der Waals surface area contributed by atoms with Crippen molar-refractivity contribution >= 4 is 11.6 Å². The molecule has 20 heavy (non-hydrogen) atoms. The Balaban J connectivity index is 2.68. The summed E-state index contributed by atoms with van der Waals surface area (Å²) in [6.45, 7) is 0. The Bertz CT molecular complexity index is 701. The minimum Gasteiger partial charge on any atom is -0.207 e. The zero-order valence-electron chi connectivity index (χ0n) is 9.80. The van der Waals surface area contributed by atoms with Crippen molar-refractivity contribution in [1.82, 2.24) is 0 Å². The number of nitriles is 1. The smallest absolute Gasteiger partial charge is 0.207 e. The van der Waals surface area contributed by atoms with E-state index in [2.05, 4.69) is 0 Å². The van der Waals surface area contributed by atoms with Crippen molar-refractivity contribution in [2.45, 2.75) is 6.18 Å². The Kier molecular flexibility index (Phi) is 3.69. The highest BCUT2D eigenvalue weighted by Gasteiger charge is 2.31. The highest BCUT2D eigenvalue weighted by atomic mass is 35.5. The van der Waals surface area contributed by atoms with E-state index >= 15 is 0 Å². The van der Waals surface area contributed by atoms with Crippen LogP contribution >= 0.6 is 11.6 Å². The van der Waals surface area contributed by atoms with Gasteiger partial charge in [-0.1, -0.05) is 11.6 Å². The maximum atomic E-state index is 13.0. The third kappa shape index (κ3) is 2.75. The minimum atomic E-state index is -4.53. The zero-order chi connectivity index (χ0) is 14.9. The van der Waals surface area contributed by atoms with E-state index in [0.29, 0.717) is 0 Å². The van der Waals surface area contributed by atoms with Gasteiger partial charge in [0.15, 0.2) is 0 Å². The lowest BCUT2D eigenvalue weighted by Gasteiger charge is -2.11. The van der Waals surface area contributed by atoms with Gasteiger partial charge < -0.3 is 0 Å². The van der Waals surface area contributed by atoms with Crippen LogP contribution in [0.4, 0.5) is 17.6 Å². The standard InChI is InChI=1S/C14H6ClF4N/c15-13-6-10(16)3-4-11(13)12-5-9(14(17,18)19)2-1-8(12)7-20/h1-6H. The molecule has 0 aliphatic heterocycles. The lowest BCUT2D eigenvalue weighted by molar-refractivity contribution is -0.137. The third-order valence-electron chi connectivity index (χ3n) is 2.69. The zero-order valence-corrected chi connectivity index (χ0v) is 10.6. The fourth-order valence-corrected chi connectivity index (χ4v) is 2.02. The molecule has 0 aromatic heterocycles. The van der Waals surface area contributed by atoms with Crippen molar-refractivity contribution in [3.63, 3.8) is 0 Å². The van der Waals surface area contributed by atoms with E-state index in [1.165, 1.54) is 6.07 Å². The number of hydrogen-bond acceptors (Lipinski definition) is 1. The van der Waals surface area contributed by atoms with E-state index < -0.39 is 17.6 Å². The number of halogens is 5. The summed E-state index contributed by atoms with van der Waals surface area (Å²) in [7, 11) is 0. The van der Waals surface area contributed by atoms with E-state index in [-0.39, 0.29) is 21.7 Å². The lowest BCUT2D eigenvalue weighted by atomic mass is 9.97. The van der Waals surface area contributed by atoms with Gasteiger partial charge in [0, 0.05) is 11.1 Å². The molecule has 2 aromatic rings. The van der Waals surface area contributed by atoms with Crippen molar-refractivity contribution in [1.29, 1.82) is 5.26 Å². The van der Waals surface area contributed by atoms with Crippen LogP contribution in [0, 0.1) is 17.1 Å². The first-order chi connectivity index (χ1) is 9.32. The van der Waals surface area contributed by atoms with Gasteiger partial charge in [0.2, 0.25) is 0 Å². The molecule has 2 aromatic carbocycles. The van der Waals surface area contributed by atoms with Crippen molar-refractivity contribution in [3.05, 3.63) is 58.4 Å². The van der Waals surface area contributed by atoms with E-state index in [1.807, 2.05) is 0 Å². The summed E-state index contributed by atoms with van der Waals surface area (Å²) in [6.07, 6.45) is -4.53. The Morgan fingerprint density at radius 2 is 1.70 bits per heavy atom. The van der Waals surface area contributed by atoms with Crippen LogP contribution in [0.15, 0.2) is 36.4 Å². The van der Waals surface area contributed by atoms with Crippen molar-refractivity contribution in [3.8, 4) is 17.2 Å². The largest absolute Gasteiger partial charge is 0.416 e. The van der Waals surface area contributed by atoms with Gasteiger partial charge in [0.05, 0.1) is 22.2 Å². The molecular formula is C14H6ClF4N. The predicted octanol–water partition coefficient (Wildman–Crippen LogP) is 5.04. The summed E-state index contributed by atoms with van der Waals surface area (Å²) in [6, 6.07) is 7.81. The van der Waals surface area contributed by atoms with E-state index in [9.17, 15) is 17.6 Å². The average Bonchev–Trinajstić information content (AvgIpc) is 2.37. The summed E-state index contributed by atoms with van der Waals surface area (Å²) >= 11 is 5.83. The van der Waals surface area contributed by atoms with Gasteiger partial charge in [-0.2, -0.15) is 18.4 Å². The van der Waals surface area contributed by atoms with Gasteiger partial charge in [0.1, 0.15) is 5.82 Å². The van der Waals surface area contributed by atoms with Crippen LogP contribution in [-0.4, -0.2) is 0 Å². The highest BCUT2D eigenvalue weighted by Crippen LogP contribution is 2.36. The maximum absolute atomic E-state index is 13.0. The Morgan fingerprint density at radius 1 is 1.00 bits per heavy atom. The van der Waals surface area contributed by atoms with Crippen LogP contribution in [0.25, 0.3) is 11.1 Å². The first-order valence-corrected chi connectivity index (χ1v) is 5.77. The second-order valence-corrected chi connectivity index (χ2v) is 4.40. The fourth-order valence-electron chi connectivity index (χ4n) is 1.75. The first-order valence-electron chi connectivity index (χ1n) is 5.39. The molecule has 0 saturated heterocycles. The minimum absolute atomic E-state index is 0.0207. The summed E-state index contributed by atoms with van der Waals surface area (Å²) in [5.74, 6) is -0.607. The molecule has 0 amide bonds. The first kappa shape index (κ1) is 14.4. The molecule has 0 unspecified atom stereocenters. The normalized spacial score (nSPS) is 11.2. The monoisotopic (exact) mass is 299 g/mol. The molecule has 0 N–H and O–H groups in total. The van der Waals surface area contributed by atoms with Gasteiger partial charge in [-0.3, -0.25) is 0 Å². The second-order valence-electron chi connectivity index (χ2n) is 3.99. The van der Waals surface area contributed by atoms with Gasteiger partial charge >= 0.3 is 6.18 Å². The predicted molar refractivity (Wildman–Crippen MR) is 66.6 cm³/mol. The molecule has 0 atom stereocenters. The van der Waals surface area contributed by atoms with Crippen molar-refractivity contribution < 1.29 is 17.6 Å². The molecule has 2 rings (SSSR count). The SMILES string of the molecule is N#Cc1ccc(C(F)(F)F)cc1-c1ccc(F)cc1Cl. The number of hydrogen-bond donors (Lipinski definition) is 0. The van der Waals surface area contributed by atoms with Crippen LogP contribution in [0.3, 0.4) is 0 Å². The molecule has 0 aliphatic rings. The van der Waals surface area contributed by atoms with E-state index in [1.54, 1.807) is 6.07 Å². The van der Waals surface area contributed by atoms with E-state index in [0.717, 1.165) is 30.3 Å². The molecule has 0 fully saturated rings. The molecule has 0 heterocycles. The summed E-state index contributed by atoms with van der Waals surface area (Å²) in [5, 5.41) is 8.92. The average molecular weight is 300 g/mol. The number of benzene rings is 2. The van der Waals surface area contributed by atoms with E-state index in [4.69, 9.17) is 16.9 Å². The summed E-state index contributed by atoms with van der Waals surface area (Å²) < 4.78 is 51.1. The third-order valence-corrected chi connectivity index (χ3v) is 3.00. The molecule has 0 saturated carbocycles. The van der Waals surface area contributed by atoms with Crippen LogP contribution in [0.1, 0.15) is 11.1 Å². The summed E-state index contributed by atoms with van der Waals surface area (Å²) in [5.41, 5.74) is -0.665. The van der Waals surface area contributed by atoms with Gasteiger partial charge in [0.25, 0.3) is 0 Å². The van der Waals surface area contributed by atoms with Crippen molar-refractivity contribution in [2.75, 3.05) is 0 Å². The second kappa shape index (κ2) is 5.14. The number of nitrogens with zero attached hydrogens (tertiary/aromatic N) is 1. The Hall–Kier alpha value is -2.06. The molecule has 1 nitrogen and oxygen atoms in total. The molecule has 6 heteroatoms.